The predicted molar refractivity (Wildman–Crippen MR) is 121 cm³/mol. The third-order valence-corrected chi connectivity index (χ3v) is 4.26. The Morgan fingerprint density at radius 2 is 1.55 bits per heavy atom. The van der Waals surface area contributed by atoms with Crippen molar-refractivity contribution in [3.05, 3.63) is 78.1 Å². The number of aliphatic imine (C=N–C) groups is 1. The molecule has 0 N–H and O–H groups in total. The summed E-state index contributed by atoms with van der Waals surface area (Å²) < 4.78 is 0. The van der Waals surface area contributed by atoms with E-state index in [-0.39, 0.29) is 0 Å². The van der Waals surface area contributed by atoms with E-state index >= 15 is 0 Å². The molecule has 2 aromatic heterocycles. The van der Waals surface area contributed by atoms with Crippen LogP contribution in [0.5, 0.6) is 0 Å². The van der Waals surface area contributed by atoms with E-state index in [9.17, 15) is 0 Å². The third-order valence-electron chi connectivity index (χ3n) is 4.26. The maximum atomic E-state index is 4.95. The van der Waals surface area contributed by atoms with Gasteiger partial charge in [0.1, 0.15) is 0 Å². The number of aromatic nitrogens is 2. The first-order chi connectivity index (χ1) is 14.0. The first kappa shape index (κ1) is 22.1. The van der Waals surface area contributed by atoms with E-state index in [0.29, 0.717) is 0 Å². The summed E-state index contributed by atoms with van der Waals surface area (Å²) in [4.78, 5) is 13.8. The fraction of sp³-hybridized carbons (Fsp3) is 0.136. The number of aryl methyl sites for hydroxylation is 1. The molecule has 4 rings (SSSR count). The van der Waals surface area contributed by atoms with Gasteiger partial charge in [-0.25, -0.2) is 4.98 Å². The van der Waals surface area contributed by atoms with E-state index in [1.165, 1.54) is 11.1 Å². The third kappa shape index (κ3) is 6.72. The molecule has 1 aliphatic rings. The van der Waals surface area contributed by atoms with Gasteiger partial charge in [0.15, 0.2) is 0 Å². The topological polar surface area (TPSA) is 38.1 Å². The van der Waals surface area contributed by atoms with E-state index < -0.39 is 13.0 Å². The van der Waals surface area contributed by atoms with Gasteiger partial charge in [-0.1, -0.05) is 42.0 Å². The fourth-order valence-electron chi connectivity index (χ4n) is 2.90. The molecule has 29 heavy (non-hydrogen) atoms. The fourth-order valence-corrected chi connectivity index (χ4v) is 2.90. The normalized spacial score (nSPS) is 13.2. The SMILES string of the molecule is Cc1ccc(-c2cc(C3=CCCC=N3)nc(-c3ccccn3)c2)cc1.[Cl][Ru]([Cl])[Cl]. The van der Waals surface area contributed by atoms with Crippen LogP contribution in [0.2, 0.25) is 0 Å². The molecule has 0 fully saturated rings. The van der Waals surface area contributed by atoms with Crippen LogP contribution in [0.3, 0.4) is 0 Å². The monoisotopic (exact) mass is 532 g/mol. The maximum absolute atomic E-state index is 4.95. The average Bonchev–Trinajstić information content (AvgIpc) is 2.75. The van der Waals surface area contributed by atoms with Crippen LogP contribution in [0.4, 0.5) is 0 Å². The minimum absolute atomic E-state index is 0.871. The standard InChI is InChI=1S/C22H19N3.3ClH.Ru/c1-16-8-10-17(11-9-16)18-14-21(19-6-2-4-12-23-19)25-22(15-18)20-7-3-5-13-24-20;;;;/h2,4,6-15H,3,5H2,1H3;3*1H;/q;;;;+3/p-3. The van der Waals surface area contributed by atoms with Crippen LogP contribution in [-0.4, -0.2) is 16.2 Å². The van der Waals surface area contributed by atoms with Gasteiger partial charge in [-0.2, -0.15) is 0 Å². The van der Waals surface area contributed by atoms with E-state index in [1.54, 1.807) is 6.20 Å². The van der Waals surface area contributed by atoms with Crippen molar-refractivity contribution < 1.29 is 13.0 Å². The van der Waals surface area contributed by atoms with E-state index in [2.05, 4.69) is 59.4 Å². The Morgan fingerprint density at radius 3 is 2.17 bits per heavy atom. The van der Waals surface area contributed by atoms with Gasteiger partial charge < -0.3 is 0 Å². The van der Waals surface area contributed by atoms with Gasteiger partial charge in [0, 0.05) is 12.4 Å². The van der Waals surface area contributed by atoms with Crippen LogP contribution in [0.1, 0.15) is 24.1 Å². The molecule has 7 heteroatoms. The first-order valence-electron chi connectivity index (χ1n) is 8.93. The molecule has 3 aromatic rings. The van der Waals surface area contributed by atoms with Crippen LogP contribution in [-0.2, 0) is 13.0 Å². The molecular formula is C22H19Cl3N3Ru. The van der Waals surface area contributed by atoms with Gasteiger partial charge in [-0.15, -0.1) is 0 Å². The Balaban J connectivity index is 0.000000552. The van der Waals surface area contributed by atoms with Gasteiger partial charge in [0.2, 0.25) is 0 Å². The Bertz CT molecular complexity index is 1000. The molecule has 0 amide bonds. The molecule has 0 aliphatic carbocycles. The van der Waals surface area contributed by atoms with E-state index in [4.69, 9.17) is 34.1 Å². The molecule has 151 valence electrons. The predicted octanol–water partition coefficient (Wildman–Crippen LogP) is 7.39. The van der Waals surface area contributed by atoms with Gasteiger partial charge in [-0.3, -0.25) is 9.98 Å². The minimum atomic E-state index is -1.75. The number of benzene rings is 1. The van der Waals surface area contributed by atoms with Gasteiger partial charge >= 0.3 is 42.1 Å². The second-order valence-corrected chi connectivity index (χ2v) is 14.3. The molecule has 0 radical (unpaired) electrons. The summed E-state index contributed by atoms with van der Waals surface area (Å²) >= 11 is -1.75. The van der Waals surface area contributed by atoms with Gasteiger partial charge in [0.05, 0.1) is 22.8 Å². The van der Waals surface area contributed by atoms with Crippen molar-refractivity contribution in [3.63, 3.8) is 0 Å². The summed E-state index contributed by atoms with van der Waals surface area (Å²) in [6.07, 6.45) is 7.93. The number of hydrogen-bond acceptors (Lipinski definition) is 3. The number of halogens is 3. The molecular weight excluding hydrogens is 514 g/mol. The molecule has 0 bridgehead atoms. The van der Waals surface area contributed by atoms with E-state index in [0.717, 1.165) is 41.2 Å². The molecule has 0 spiro atoms. The van der Waals surface area contributed by atoms with Crippen molar-refractivity contribution in [1.29, 1.82) is 0 Å². The number of allylic oxidation sites excluding steroid dienone is 1. The molecule has 0 saturated carbocycles. The van der Waals surface area contributed by atoms with Crippen molar-refractivity contribution in [2.75, 3.05) is 0 Å². The number of nitrogens with zero attached hydrogens (tertiary/aromatic N) is 3. The van der Waals surface area contributed by atoms with Crippen LogP contribution in [0.25, 0.3) is 28.2 Å². The summed E-state index contributed by atoms with van der Waals surface area (Å²) in [5.74, 6) is 0. The Morgan fingerprint density at radius 1 is 0.828 bits per heavy atom. The van der Waals surface area contributed by atoms with Crippen LogP contribution in [0, 0.1) is 6.92 Å². The molecule has 1 aromatic carbocycles. The Hall–Kier alpha value is -1.58. The van der Waals surface area contributed by atoms with Gasteiger partial charge in [0.25, 0.3) is 0 Å². The van der Waals surface area contributed by atoms with Crippen molar-refractivity contribution in [3.8, 4) is 22.5 Å². The summed E-state index contributed by atoms with van der Waals surface area (Å²) in [5, 5.41) is 0. The van der Waals surface area contributed by atoms with Crippen LogP contribution in [0.15, 0.2) is 71.9 Å². The second-order valence-electron chi connectivity index (χ2n) is 6.34. The van der Waals surface area contributed by atoms with Crippen LogP contribution < -0.4 is 0 Å². The zero-order valence-electron chi connectivity index (χ0n) is 15.7. The zero-order chi connectivity index (χ0) is 20.6. The van der Waals surface area contributed by atoms with E-state index in [1.807, 2.05) is 24.4 Å². The summed E-state index contributed by atoms with van der Waals surface area (Å²) in [7, 11) is 14.8. The van der Waals surface area contributed by atoms with Crippen molar-refractivity contribution in [2.45, 2.75) is 19.8 Å². The molecule has 3 nitrogen and oxygen atoms in total. The second kappa shape index (κ2) is 11.0. The number of pyridine rings is 2. The molecule has 0 saturated heterocycles. The quantitative estimate of drug-likeness (QED) is 0.330. The summed E-state index contributed by atoms with van der Waals surface area (Å²) in [6.45, 7) is 2.10. The average molecular weight is 533 g/mol. The zero-order valence-corrected chi connectivity index (χ0v) is 19.7. The molecule has 3 heterocycles. The summed E-state index contributed by atoms with van der Waals surface area (Å²) in [6, 6.07) is 18.7. The van der Waals surface area contributed by atoms with Gasteiger partial charge in [-0.05, 0) is 55.2 Å². The van der Waals surface area contributed by atoms with Crippen molar-refractivity contribution >= 4 is 41.0 Å². The number of hydrogen-bond donors (Lipinski definition) is 0. The first-order valence-corrected chi connectivity index (χ1v) is 15.6. The Kier molecular flexibility index (Phi) is 8.38. The summed E-state index contributed by atoms with van der Waals surface area (Å²) in [5.41, 5.74) is 7.14. The number of rotatable bonds is 3. The molecule has 1 aliphatic heterocycles. The molecule has 0 atom stereocenters. The molecule has 0 unspecified atom stereocenters. The van der Waals surface area contributed by atoms with Crippen molar-refractivity contribution in [1.82, 2.24) is 9.97 Å². The van der Waals surface area contributed by atoms with Crippen LogP contribution >= 0.6 is 29.1 Å². The Labute approximate surface area is 188 Å². The van der Waals surface area contributed by atoms with Crippen molar-refractivity contribution in [2.24, 2.45) is 4.99 Å².